The lowest BCUT2D eigenvalue weighted by atomic mass is 9.65. The SMILES string of the molecule is CCC1C(C)C2CC12C. The van der Waals surface area contributed by atoms with Gasteiger partial charge < -0.3 is 0 Å². The van der Waals surface area contributed by atoms with Gasteiger partial charge in [0.1, 0.15) is 0 Å². The van der Waals surface area contributed by atoms with Gasteiger partial charge >= 0.3 is 0 Å². The Labute approximate surface area is 57.6 Å². The number of hydrogen-bond acceptors (Lipinski definition) is 0. The Hall–Kier alpha value is 0. The van der Waals surface area contributed by atoms with Gasteiger partial charge in [0.05, 0.1) is 0 Å². The van der Waals surface area contributed by atoms with Crippen molar-refractivity contribution in [3.8, 4) is 0 Å². The summed E-state index contributed by atoms with van der Waals surface area (Å²) in [5.41, 5.74) is 0.828. The lowest BCUT2D eigenvalue weighted by Crippen LogP contribution is -2.34. The van der Waals surface area contributed by atoms with Crippen LogP contribution in [-0.4, -0.2) is 0 Å². The van der Waals surface area contributed by atoms with E-state index in [-0.39, 0.29) is 0 Å². The van der Waals surface area contributed by atoms with Gasteiger partial charge in [0.25, 0.3) is 0 Å². The minimum absolute atomic E-state index is 0.828. The van der Waals surface area contributed by atoms with Crippen molar-refractivity contribution in [2.75, 3.05) is 0 Å². The largest absolute Gasteiger partial charge is 0.0651 e. The van der Waals surface area contributed by atoms with Crippen molar-refractivity contribution in [2.24, 2.45) is 23.2 Å². The fraction of sp³-hybridized carbons (Fsp3) is 1.00. The lowest BCUT2D eigenvalue weighted by Gasteiger charge is -2.40. The van der Waals surface area contributed by atoms with Crippen LogP contribution in [0.15, 0.2) is 0 Å². The molecule has 0 saturated heterocycles. The fourth-order valence-corrected chi connectivity index (χ4v) is 3.23. The molecule has 0 heterocycles. The highest BCUT2D eigenvalue weighted by Gasteiger charge is 2.67. The number of rotatable bonds is 1. The first-order chi connectivity index (χ1) is 4.20. The maximum atomic E-state index is 2.46. The summed E-state index contributed by atoms with van der Waals surface area (Å²) < 4.78 is 0. The summed E-state index contributed by atoms with van der Waals surface area (Å²) in [7, 11) is 0. The molecule has 0 bridgehead atoms. The second-order valence-corrected chi connectivity index (χ2v) is 4.19. The van der Waals surface area contributed by atoms with Crippen LogP contribution < -0.4 is 0 Å². The molecule has 0 aromatic carbocycles. The molecule has 2 rings (SSSR count). The first-order valence-electron chi connectivity index (χ1n) is 4.20. The van der Waals surface area contributed by atoms with E-state index in [0.29, 0.717) is 0 Å². The highest BCUT2D eigenvalue weighted by atomic mass is 14.7. The Morgan fingerprint density at radius 1 is 1.56 bits per heavy atom. The van der Waals surface area contributed by atoms with E-state index in [1.165, 1.54) is 12.8 Å². The van der Waals surface area contributed by atoms with Gasteiger partial charge in [-0.05, 0) is 29.6 Å². The second-order valence-electron chi connectivity index (χ2n) is 4.19. The van der Waals surface area contributed by atoms with Crippen molar-refractivity contribution < 1.29 is 0 Å². The molecule has 9 heavy (non-hydrogen) atoms. The van der Waals surface area contributed by atoms with Crippen molar-refractivity contribution in [1.82, 2.24) is 0 Å². The molecule has 4 atom stereocenters. The topological polar surface area (TPSA) is 0 Å². The first kappa shape index (κ1) is 5.76. The maximum Gasteiger partial charge on any atom is -0.0261 e. The molecular formula is C9H16. The third-order valence-electron chi connectivity index (χ3n) is 3.90. The van der Waals surface area contributed by atoms with Gasteiger partial charge in [-0.2, -0.15) is 0 Å². The van der Waals surface area contributed by atoms with E-state index >= 15 is 0 Å². The van der Waals surface area contributed by atoms with Crippen LogP contribution in [0.25, 0.3) is 0 Å². The zero-order chi connectivity index (χ0) is 6.65. The van der Waals surface area contributed by atoms with Crippen LogP contribution in [0.4, 0.5) is 0 Å². The van der Waals surface area contributed by atoms with Gasteiger partial charge in [-0.25, -0.2) is 0 Å². The number of hydrogen-bond donors (Lipinski definition) is 0. The van der Waals surface area contributed by atoms with E-state index in [1.54, 1.807) is 0 Å². The molecule has 52 valence electrons. The minimum Gasteiger partial charge on any atom is -0.0651 e. The summed E-state index contributed by atoms with van der Waals surface area (Å²) in [5.74, 6) is 3.25. The monoisotopic (exact) mass is 124 g/mol. The Balaban J connectivity index is 2.08. The van der Waals surface area contributed by atoms with Gasteiger partial charge in [-0.1, -0.05) is 27.2 Å². The molecule has 2 fully saturated rings. The zero-order valence-electron chi connectivity index (χ0n) is 6.65. The molecule has 0 radical (unpaired) electrons. The molecule has 0 nitrogen and oxygen atoms in total. The van der Waals surface area contributed by atoms with E-state index in [0.717, 1.165) is 23.2 Å². The van der Waals surface area contributed by atoms with Crippen molar-refractivity contribution in [3.63, 3.8) is 0 Å². The van der Waals surface area contributed by atoms with Gasteiger partial charge in [-0.3, -0.25) is 0 Å². The highest BCUT2D eigenvalue weighted by molar-refractivity contribution is 5.16. The van der Waals surface area contributed by atoms with Crippen molar-refractivity contribution in [3.05, 3.63) is 0 Å². The lowest BCUT2D eigenvalue weighted by molar-refractivity contribution is 0.0841. The van der Waals surface area contributed by atoms with Crippen molar-refractivity contribution in [1.29, 1.82) is 0 Å². The van der Waals surface area contributed by atoms with Crippen LogP contribution in [0, 0.1) is 23.2 Å². The normalized spacial score (nSPS) is 62.3. The summed E-state index contributed by atoms with van der Waals surface area (Å²) >= 11 is 0. The standard InChI is InChI=1S/C9H16/c1-4-7-6(2)8-5-9(7,8)3/h6-8H,4-5H2,1-3H3. The second kappa shape index (κ2) is 1.36. The van der Waals surface area contributed by atoms with Gasteiger partial charge in [-0.15, -0.1) is 0 Å². The summed E-state index contributed by atoms with van der Waals surface area (Å²) in [5, 5.41) is 0. The molecular weight excluding hydrogens is 108 g/mol. The molecule has 0 spiro atoms. The predicted octanol–water partition coefficient (Wildman–Crippen LogP) is 2.69. The van der Waals surface area contributed by atoms with E-state index < -0.39 is 0 Å². The first-order valence-corrected chi connectivity index (χ1v) is 4.20. The summed E-state index contributed by atoms with van der Waals surface area (Å²) in [6.07, 6.45) is 2.95. The quantitative estimate of drug-likeness (QED) is 0.504. The van der Waals surface area contributed by atoms with Crippen molar-refractivity contribution in [2.45, 2.75) is 33.6 Å². The van der Waals surface area contributed by atoms with Crippen molar-refractivity contribution >= 4 is 0 Å². The van der Waals surface area contributed by atoms with E-state index in [9.17, 15) is 0 Å². The summed E-state index contributed by atoms with van der Waals surface area (Å²) in [6, 6.07) is 0. The predicted molar refractivity (Wildman–Crippen MR) is 39.2 cm³/mol. The smallest absolute Gasteiger partial charge is 0.0261 e. The Bertz CT molecular complexity index is 139. The van der Waals surface area contributed by atoms with Crippen LogP contribution in [0.2, 0.25) is 0 Å². The van der Waals surface area contributed by atoms with Gasteiger partial charge in [0, 0.05) is 0 Å². The fourth-order valence-electron chi connectivity index (χ4n) is 3.23. The molecule has 0 N–H and O–H groups in total. The Kier molecular flexibility index (Phi) is 0.868. The third kappa shape index (κ3) is 0.461. The molecule has 0 aliphatic heterocycles. The van der Waals surface area contributed by atoms with E-state index in [1.807, 2.05) is 0 Å². The highest BCUT2D eigenvalue weighted by Crippen LogP contribution is 2.74. The van der Waals surface area contributed by atoms with E-state index in [2.05, 4.69) is 20.8 Å². The van der Waals surface area contributed by atoms with Crippen LogP contribution in [0.3, 0.4) is 0 Å². The zero-order valence-corrected chi connectivity index (χ0v) is 6.65. The Morgan fingerprint density at radius 2 is 2.22 bits per heavy atom. The molecule has 2 aliphatic carbocycles. The molecule has 2 saturated carbocycles. The third-order valence-corrected chi connectivity index (χ3v) is 3.90. The molecule has 0 heteroatoms. The molecule has 0 amide bonds. The Morgan fingerprint density at radius 3 is 2.44 bits per heavy atom. The minimum atomic E-state index is 0.828. The summed E-state index contributed by atoms with van der Waals surface area (Å²) in [6.45, 7) is 7.22. The van der Waals surface area contributed by atoms with Gasteiger partial charge in [0.15, 0.2) is 0 Å². The van der Waals surface area contributed by atoms with Crippen LogP contribution in [-0.2, 0) is 0 Å². The van der Waals surface area contributed by atoms with Gasteiger partial charge in [0.2, 0.25) is 0 Å². The molecule has 0 aromatic rings. The number of fused-ring (bicyclic) bond motifs is 1. The maximum absolute atomic E-state index is 2.46. The molecule has 0 aromatic heterocycles. The van der Waals surface area contributed by atoms with E-state index in [4.69, 9.17) is 0 Å². The van der Waals surface area contributed by atoms with Crippen LogP contribution in [0.1, 0.15) is 33.6 Å². The molecule has 2 aliphatic rings. The average molecular weight is 124 g/mol. The summed E-state index contributed by atoms with van der Waals surface area (Å²) in [4.78, 5) is 0. The molecule has 4 unspecified atom stereocenters. The average Bonchev–Trinajstić information content (AvgIpc) is 2.40. The van der Waals surface area contributed by atoms with Crippen LogP contribution in [0.5, 0.6) is 0 Å². The van der Waals surface area contributed by atoms with Crippen LogP contribution >= 0.6 is 0 Å².